The Labute approximate surface area is 146 Å². The summed E-state index contributed by atoms with van der Waals surface area (Å²) in [6.07, 6.45) is 0.224. The lowest BCUT2D eigenvalue weighted by atomic mass is 10.1. The van der Waals surface area contributed by atoms with E-state index in [1.807, 2.05) is 6.07 Å². The summed E-state index contributed by atoms with van der Waals surface area (Å²) in [7, 11) is 0. The monoisotopic (exact) mass is 349 g/mol. The van der Waals surface area contributed by atoms with Crippen LogP contribution in [0.4, 0.5) is 10.5 Å². The zero-order valence-corrected chi connectivity index (χ0v) is 14.4. The summed E-state index contributed by atoms with van der Waals surface area (Å²) in [6, 6.07) is 4.68. The van der Waals surface area contributed by atoms with Crippen LogP contribution in [-0.4, -0.2) is 55.0 Å². The fourth-order valence-electron chi connectivity index (χ4n) is 2.82. The Morgan fingerprint density at radius 3 is 2.76 bits per heavy atom. The van der Waals surface area contributed by atoms with Gasteiger partial charge in [0.25, 0.3) is 0 Å². The minimum Gasteiger partial charge on any atom is -0.486 e. The molecule has 136 valence electrons. The average molecular weight is 349 g/mol. The largest absolute Gasteiger partial charge is 0.486 e. The second kappa shape index (κ2) is 6.79. The van der Waals surface area contributed by atoms with Crippen LogP contribution in [0.1, 0.15) is 20.3 Å². The lowest BCUT2D eigenvalue weighted by Crippen LogP contribution is -2.53. The first-order valence-corrected chi connectivity index (χ1v) is 8.27. The molecule has 8 nitrogen and oxygen atoms in total. The molecule has 0 aliphatic carbocycles. The number of hydrogen-bond donors (Lipinski definition) is 3. The number of urea groups is 1. The third kappa shape index (κ3) is 3.96. The third-order valence-corrected chi connectivity index (χ3v) is 4.14. The van der Waals surface area contributed by atoms with E-state index in [1.165, 1.54) is 0 Å². The van der Waals surface area contributed by atoms with Gasteiger partial charge in [0.05, 0.1) is 18.2 Å². The van der Waals surface area contributed by atoms with Crippen molar-refractivity contribution in [2.24, 2.45) is 0 Å². The average Bonchev–Trinajstić information content (AvgIpc) is 2.94. The van der Waals surface area contributed by atoms with Gasteiger partial charge in [-0.1, -0.05) is 0 Å². The van der Waals surface area contributed by atoms with Gasteiger partial charge in [-0.25, -0.2) is 4.79 Å². The van der Waals surface area contributed by atoms with E-state index in [4.69, 9.17) is 9.47 Å². The van der Waals surface area contributed by atoms with Crippen molar-refractivity contribution in [1.82, 2.24) is 10.6 Å². The van der Waals surface area contributed by atoms with Gasteiger partial charge in [-0.05, 0) is 26.0 Å². The van der Waals surface area contributed by atoms with E-state index in [2.05, 4.69) is 10.6 Å². The summed E-state index contributed by atoms with van der Waals surface area (Å²) in [5, 5.41) is 14.7. The molecule has 1 saturated heterocycles. The zero-order valence-electron chi connectivity index (χ0n) is 14.4. The number of benzene rings is 1. The highest BCUT2D eigenvalue weighted by molar-refractivity contribution is 5.97. The number of aliphatic hydroxyl groups is 1. The second-order valence-corrected chi connectivity index (χ2v) is 6.87. The number of aliphatic hydroxyl groups excluding tert-OH is 1. The summed E-state index contributed by atoms with van der Waals surface area (Å²) >= 11 is 0. The molecule has 0 spiro atoms. The molecule has 25 heavy (non-hydrogen) atoms. The van der Waals surface area contributed by atoms with Crippen molar-refractivity contribution < 1.29 is 24.2 Å². The molecule has 2 aliphatic rings. The number of anilines is 1. The minimum atomic E-state index is -0.720. The molecule has 1 aromatic carbocycles. The van der Waals surface area contributed by atoms with Crippen LogP contribution in [0.25, 0.3) is 0 Å². The number of hydrogen-bond acceptors (Lipinski definition) is 5. The van der Waals surface area contributed by atoms with Gasteiger partial charge in [0, 0.05) is 24.7 Å². The fourth-order valence-corrected chi connectivity index (χ4v) is 2.82. The van der Waals surface area contributed by atoms with Gasteiger partial charge in [-0.15, -0.1) is 0 Å². The number of ether oxygens (including phenoxy) is 2. The van der Waals surface area contributed by atoms with Crippen LogP contribution in [0.15, 0.2) is 18.2 Å². The highest BCUT2D eigenvalue weighted by atomic mass is 16.6. The Morgan fingerprint density at radius 1 is 1.32 bits per heavy atom. The van der Waals surface area contributed by atoms with Gasteiger partial charge < -0.3 is 30.1 Å². The molecule has 0 radical (unpaired) electrons. The van der Waals surface area contributed by atoms with E-state index in [1.54, 1.807) is 30.9 Å². The van der Waals surface area contributed by atoms with Crippen LogP contribution in [0.5, 0.6) is 11.5 Å². The Kier molecular flexibility index (Phi) is 4.71. The van der Waals surface area contributed by atoms with E-state index >= 15 is 0 Å². The fraction of sp³-hybridized carbons (Fsp3) is 0.529. The third-order valence-electron chi connectivity index (χ3n) is 4.14. The number of carbonyl (C=O) groups excluding carboxylic acids is 2. The van der Waals surface area contributed by atoms with E-state index in [-0.39, 0.29) is 25.0 Å². The quantitative estimate of drug-likeness (QED) is 0.740. The second-order valence-electron chi connectivity index (χ2n) is 6.87. The van der Waals surface area contributed by atoms with Gasteiger partial charge >= 0.3 is 6.03 Å². The maximum atomic E-state index is 12.3. The summed E-state index contributed by atoms with van der Waals surface area (Å²) in [6.45, 7) is 4.64. The van der Waals surface area contributed by atoms with Crippen molar-refractivity contribution in [2.75, 3.05) is 31.3 Å². The number of carbonyl (C=O) groups is 2. The van der Waals surface area contributed by atoms with Gasteiger partial charge in [-0.3, -0.25) is 4.79 Å². The SMILES string of the molecule is CC(C)(CO)NC(=O)N[C@@H]1CC(=O)N(c2ccc3c(c2)OCCO3)C1. The van der Waals surface area contributed by atoms with Crippen molar-refractivity contribution in [2.45, 2.75) is 31.8 Å². The van der Waals surface area contributed by atoms with Crippen LogP contribution >= 0.6 is 0 Å². The predicted octanol–water partition coefficient (Wildman–Crippen LogP) is 0.633. The van der Waals surface area contributed by atoms with E-state index in [9.17, 15) is 14.7 Å². The number of nitrogens with zero attached hydrogens (tertiary/aromatic N) is 1. The summed E-state index contributed by atoms with van der Waals surface area (Å²) < 4.78 is 11.0. The molecule has 0 aromatic heterocycles. The first kappa shape index (κ1) is 17.3. The maximum absolute atomic E-state index is 12.3. The zero-order chi connectivity index (χ0) is 18.0. The van der Waals surface area contributed by atoms with E-state index in [0.29, 0.717) is 31.3 Å². The Bertz CT molecular complexity index is 676. The molecule has 0 saturated carbocycles. The molecule has 2 heterocycles. The predicted molar refractivity (Wildman–Crippen MR) is 91.0 cm³/mol. The van der Waals surface area contributed by atoms with Crippen LogP contribution in [0.2, 0.25) is 0 Å². The summed E-state index contributed by atoms with van der Waals surface area (Å²) in [4.78, 5) is 26.0. The van der Waals surface area contributed by atoms with Crippen molar-refractivity contribution in [3.63, 3.8) is 0 Å². The van der Waals surface area contributed by atoms with Crippen LogP contribution in [0, 0.1) is 0 Å². The lowest BCUT2D eigenvalue weighted by molar-refractivity contribution is -0.117. The van der Waals surface area contributed by atoms with Crippen LogP contribution in [0.3, 0.4) is 0 Å². The smallest absolute Gasteiger partial charge is 0.315 e. The topological polar surface area (TPSA) is 100 Å². The molecule has 1 atom stereocenters. The van der Waals surface area contributed by atoms with Gasteiger partial charge in [-0.2, -0.15) is 0 Å². The standard InChI is InChI=1S/C17H23N3O5/c1-17(2,10-21)19-16(23)18-11-7-15(22)20(9-11)12-3-4-13-14(8-12)25-6-5-24-13/h3-4,8,11,21H,5-7,9-10H2,1-2H3,(H2,18,19,23)/t11-/m1/s1. The minimum absolute atomic E-state index is 0.0663. The van der Waals surface area contributed by atoms with E-state index < -0.39 is 11.6 Å². The summed E-state index contributed by atoms with van der Waals surface area (Å²) in [5.41, 5.74) is -0.00276. The van der Waals surface area contributed by atoms with Gasteiger partial charge in [0.2, 0.25) is 5.91 Å². The Balaban J connectivity index is 1.64. The number of rotatable bonds is 4. The maximum Gasteiger partial charge on any atom is 0.315 e. The highest BCUT2D eigenvalue weighted by Crippen LogP contribution is 2.35. The Morgan fingerprint density at radius 2 is 2.04 bits per heavy atom. The normalized spacial score (nSPS) is 19.7. The molecule has 1 aromatic rings. The van der Waals surface area contributed by atoms with Crippen LogP contribution < -0.4 is 25.0 Å². The molecule has 3 N–H and O–H groups in total. The van der Waals surface area contributed by atoms with Crippen LogP contribution in [-0.2, 0) is 4.79 Å². The number of amides is 3. The molecule has 3 rings (SSSR count). The molecule has 3 amide bonds. The molecular formula is C17H23N3O5. The first-order valence-electron chi connectivity index (χ1n) is 8.27. The lowest BCUT2D eigenvalue weighted by Gasteiger charge is -2.25. The van der Waals surface area contributed by atoms with E-state index in [0.717, 1.165) is 5.69 Å². The molecule has 0 bridgehead atoms. The molecular weight excluding hydrogens is 326 g/mol. The van der Waals surface area contributed by atoms with Crippen molar-refractivity contribution in [1.29, 1.82) is 0 Å². The molecule has 2 aliphatic heterocycles. The molecule has 8 heteroatoms. The first-order chi connectivity index (χ1) is 11.9. The van der Waals surface area contributed by atoms with Crippen molar-refractivity contribution in [3.05, 3.63) is 18.2 Å². The van der Waals surface area contributed by atoms with Gasteiger partial charge in [0.1, 0.15) is 13.2 Å². The Hall–Kier alpha value is -2.48. The highest BCUT2D eigenvalue weighted by Gasteiger charge is 2.33. The number of fused-ring (bicyclic) bond motifs is 1. The molecule has 0 unspecified atom stereocenters. The molecule has 1 fully saturated rings. The summed E-state index contributed by atoms with van der Waals surface area (Å²) in [5.74, 6) is 1.22. The van der Waals surface area contributed by atoms with Gasteiger partial charge in [0.15, 0.2) is 11.5 Å². The number of nitrogens with one attached hydrogen (secondary N) is 2. The van der Waals surface area contributed by atoms with Crippen molar-refractivity contribution >= 4 is 17.6 Å². The van der Waals surface area contributed by atoms with Crippen molar-refractivity contribution in [3.8, 4) is 11.5 Å².